The van der Waals surface area contributed by atoms with Crippen LogP contribution in [0.1, 0.15) is 10.4 Å². The number of nitrogens with one attached hydrogen (secondary N) is 1. The van der Waals surface area contributed by atoms with E-state index in [2.05, 4.69) is 10.3 Å². The molecular formula is C12H17N3O2S. The summed E-state index contributed by atoms with van der Waals surface area (Å²) < 4.78 is 1.48. The second-order valence-electron chi connectivity index (χ2n) is 4.38. The van der Waals surface area contributed by atoms with Crippen LogP contribution in [0.3, 0.4) is 0 Å². The van der Waals surface area contributed by atoms with Crippen LogP contribution in [0, 0.1) is 13.8 Å². The smallest absolute Gasteiger partial charge is 0.262 e. The fraction of sp³-hybridized carbons (Fsp3) is 0.500. The number of aliphatic hydroxyl groups excluding tert-OH is 1. The van der Waals surface area contributed by atoms with Crippen molar-refractivity contribution in [3.05, 3.63) is 27.1 Å². The minimum atomic E-state index is -0.591. The number of aromatic nitrogens is 2. The fourth-order valence-corrected chi connectivity index (χ4v) is 2.91. The highest BCUT2D eigenvalue weighted by molar-refractivity contribution is 7.18. The van der Waals surface area contributed by atoms with Gasteiger partial charge in [-0.1, -0.05) is 0 Å². The molecule has 0 aromatic carbocycles. The molecule has 2 aromatic rings. The number of aryl methyl sites for hydroxylation is 2. The molecule has 0 amide bonds. The summed E-state index contributed by atoms with van der Waals surface area (Å²) in [7, 11) is 1.76. The first-order valence-electron chi connectivity index (χ1n) is 5.82. The number of rotatable bonds is 4. The molecule has 0 fully saturated rings. The van der Waals surface area contributed by atoms with Crippen molar-refractivity contribution < 1.29 is 5.11 Å². The van der Waals surface area contributed by atoms with Crippen molar-refractivity contribution in [1.82, 2.24) is 14.9 Å². The lowest BCUT2D eigenvalue weighted by Gasteiger charge is -2.11. The molecule has 0 bridgehead atoms. The van der Waals surface area contributed by atoms with Crippen LogP contribution in [0.25, 0.3) is 10.2 Å². The van der Waals surface area contributed by atoms with E-state index in [9.17, 15) is 9.90 Å². The number of likely N-dealkylation sites (N-methyl/N-ethyl adjacent to an activating group) is 1. The Balaban J connectivity index is 2.45. The molecule has 1 unspecified atom stereocenters. The first-order valence-corrected chi connectivity index (χ1v) is 6.64. The molecule has 0 radical (unpaired) electrons. The Morgan fingerprint density at radius 1 is 1.56 bits per heavy atom. The average molecular weight is 267 g/mol. The van der Waals surface area contributed by atoms with Crippen LogP contribution in [-0.2, 0) is 6.54 Å². The van der Waals surface area contributed by atoms with Gasteiger partial charge in [-0.2, -0.15) is 0 Å². The molecule has 0 spiro atoms. The predicted molar refractivity (Wildman–Crippen MR) is 73.3 cm³/mol. The lowest BCUT2D eigenvalue weighted by atomic mass is 10.2. The van der Waals surface area contributed by atoms with Crippen molar-refractivity contribution >= 4 is 21.6 Å². The van der Waals surface area contributed by atoms with E-state index in [0.29, 0.717) is 11.9 Å². The van der Waals surface area contributed by atoms with Crippen LogP contribution in [0.15, 0.2) is 11.1 Å². The van der Waals surface area contributed by atoms with E-state index in [0.717, 1.165) is 15.3 Å². The quantitative estimate of drug-likeness (QED) is 0.854. The van der Waals surface area contributed by atoms with Gasteiger partial charge in [-0.3, -0.25) is 9.36 Å². The fourth-order valence-electron chi connectivity index (χ4n) is 1.93. The Morgan fingerprint density at radius 2 is 2.28 bits per heavy atom. The van der Waals surface area contributed by atoms with Gasteiger partial charge >= 0.3 is 0 Å². The lowest BCUT2D eigenvalue weighted by molar-refractivity contribution is 0.152. The van der Waals surface area contributed by atoms with Crippen LogP contribution in [0.4, 0.5) is 0 Å². The van der Waals surface area contributed by atoms with E-state index in [1.807, 2.05) is 13.8 Å². The van der Waals surface area contributed by atoms with Gasteiger partial charge in [0.15, 0.2) is 0 Å². The number of fused-ring (bicyclic) bond motifs is 1. The molecule has 2 aromatic heterocycles. The summed E-state index contributed by atoms with van der Waals surface area (Å²) in [6, 6.07) is 0. The molecule has 0 aliphatic carbocycles. The van der Waals surface area contributed by atoms with Gasteiger partial charge in [0.25, 0.3) is 5.56 Å². The molecule has 98 valence electrons. The summed E-state index contributed by atoms with van der Waals surface area (Å²) >= 11 is 1.53. The van der Waals surface area contributed by atoms with Gasteiger partial charge in [0.2, 0.25) is 0 Å². The monoisotopic (exact) mass is 267 g/mol. The summed E-state index contributed by atoms with van der Waals surface area (Å²) in [6.07, 6.45) is 0.922. The summed E-state index contributed by atoms with van der Waals surface area (Å²) in [5, 5.41) is 13.3. The minimum absolute atomic E-state index is 0.0722. The van der Waals surface area contributed by atoms with Crippen molar-refractivity contribution in [2.45, 2.75) is 26.5 Å². The predicted octanol–water partition coefficient (Wildman–Crippen LogP) is 0.655. The van der Waals surface area contributed by atoms with Crippen LogP contribution < -0.4 is 10.9 Å². The summed E-state index contributed by atoms with van der Waals surface area (Å²) in [6.45, 7) is 4.63. The topological polar surface area (TPSA) is 67.2 Å². The number of hydrogen-bond acceptors (Lipinski definition) is 5. The molecule has 1 atom stereocenters. The van der Waals surface area contributed by atoms with Crippen molar-refractivity contribution in [1.29, 1.82) is 0 Å². The molecule has 0 aliphatic rings. The second kappa shape index (κ2) is 5.17. The highest BCUT2D eigenvalue weighted by atomic mass is 32.1. The molecule has 5 nitrogen and oxygen atoms in total. The van der Waals surface area contributed by atoms with Crippen LogP contribution in [-0.4, -0.2) is 34.4 Å². The Hall–Kier alpha value is -1.24. The van der Waals surface area contributed by atoms with Gasteiger partial charge in [-0.15, -0.1) is 11.3 Å². The van der Waals surface area contributed by atoms with E-state index in [-0.39, 0.29) is 12.1 Å². The molecule has 0 saturated carbocycles. The SMILES string of the molecule is CNCC(O)Cn1cnc2sc(C)c(C)c2c1=O. The summed E-state index contributed by atoms with van der Waals surface area (Å²) in [5.41, 5.74) is 0.918. The van der Waals surface area contributed by atoms with Crippen LogP contribution >= 0.6 is 11.3 Å². The third-order valence-electron chi connectivity index (χ3n) is 3.00. The van der Waals surface area contributed by atoms with Gasteiger partial charge in [-0.25, -0.2) is 4.98 Å². The highest BCUT2D eigenvalue weighted by Gasteiger charge is 2.13. The van der Waals surface area contributed by atoms with Gasteiger partial charge in [-0.05, 0) is 26.5 Å². The Labute approximate surface area is 109 Å². The van der Waals surface area contributed by atoms with Crippen molar-refractivity contribution in [2.24, 2.45) is 0 Å². The normalized spacial score (nSPS) is 13.1. The Bertz CT molecular complexity index is 618. The maximum Gasteiger partial charge on any atom is 0.262 e. The molecule has 2 rings (SSSR count). The van der Waals surface area contributed by atoms with Crippen molar-refractivity contribution in [3.63, 3.8) is 0 Å². The van der Waals surface area contributed by atoms with E-state index >= 15 is 0 Å². The molecule has 0 saturated heterocycles. The average Bonchev–Trinajstić information content (AvgIpc) is 2.60. The first-order chi connectivity index (χ1) is 8.54. The maximum atomic E-state index is 12.3. The third-order valence-corrected chi connectivity index (χ3v) is 4.12. The zero-order valence-electron chi connectivity index (χ0n) is 10.7. The standard InChI is InChI=1S/C12H17N3O2S/c1-7-8(2)18-11-10(7)12(17)15(6-14-11)5-9(16)4-13-3/h6,9,13,16H,4-5H2,1-3H3. The largest absolute Gasteiger partial charge is 0.390 e. The van der Waals surface area contributed by atoms with E-state index in [1.165, 1.54) is 22.2 Å². The molecule has 2 heterocycles. The Morgan fingerprint density at radius 3 is 2.94 bits per heavy atom. The number of hydrogen-bond donors (Lipinski definition) is 2. The van der Waals surface area contributed by atoms with Gasteiger partial charge < -0.3 is 10.4 Å². The molecule has 18 heavy (non-hydrogen) atoms. The number of nitrogens with zero attached hydrogens (tertiary/aromatic N) is 2. The minimum Gasteiger partial charge on any atom is -0.390 e. The molecule has 2 N–H and O–H groups in total. The molecule has 6 heteroatoms. The lowest BCUT2D eigenvalue weighted by Crippen LogP contribution is -2.32. The van der Waals surface area contributed by atoms with Gasteiger partial charge in [0.05, 0.1) is 24.4 Å². The summed E-state index contributed by atoms with van der Waals surface area (Å²) in [4.78, 5) is 18.5. The van der Waals surface area contributed by atoms with Crippen LogP contribution in [0.2, 0.25) is 0 Å². The number of aliphatic hydroxyl groups is 1. The van der Waals surface area contributed by atoms with Crippen molar-refractivity contribution in [3.8, 4) is 0 Å². The Kier molecular flexibility index (Phi) is 3.79. The number of thiophene rings is 1. The molecular weight excluding hydrogens is 250 g/mol. The summed E-state index contributed by atoms with van der Waals surface area (Å²) in [5.74, 6) is 0. The van der Waals surface area contributed by atoms with Gasteiger partial charge in [0.1, 0.15) is 4.83 Å². The second-order valence-corrected chi connectivity index (χ2v) is 5.58. The van der Waals surface area contributed by atoms with E-state index in [1.54, 1.807) is 7.05 Å². The zero-order chi connectivity index (χ0) is 13.3. The third kappa shape index (κ3) is 2.31. The van der Waals surface area contributed by atoms with Crippen molar-refractivity contribution in [2.75, 3.05) is 13.6 Å². The first kappa shape index (κ1) is 13.2. The highest BCUT2D eigenvalue weighted by Crippen LogP contribution is 2.25. The van der Waals surface area contributed by atoms with Gasteiger partial charge in [0, 0.05) is 11.4 Å². The molecule has 0 aliphatic heterocycles. The van der Waals surface area contributed by atoms with Crippen LogP contribution in [0.5, 0.6) is 0 Å². The van der Waals surface area contributed by atoms with E-state index < -0.39 is 6.10 Å². The zero-order valence-corrected chi connectivity index (χ0v) is 11.5. The van der Waals surface area contributed by atoms with E-state index in [4.69, 9.17) is 0 Å². The maximum absolute atomic E-state index is 12.3.